The fourth-order valence-corrected chi connectivity index (χ4v) is 17.0. The number of anilines is 3. The molecule has 6 aromatic rings. The standard InChI is InChI=1S/C34H46ClN7O4S.C34H45N7O4S/c1-34(2)21-23(22-37-34)7-6-18-36-28-12-5-13-31(38-28)47(44,45)41-33(43)27-14-15-29(39-32(27)35)42-19-16-30(40-42)46-20-17-26(24-8-3-9-24)25-10-4-11-25;1-34(2)21-23-7-6-18-35-28-12-5-13-31(36-28)46(43,44)39-33(42)27-14-15-29(37-32(27)40(34)22-23)41-19-16-30(38-41)45-20-17-26(24-8-3-9-24)25-10-4-11-25/h5,12-16,19,23-26,37H,3-4,6-11,17-18,20-22H2,1-2H3,(H,36,38)(H,41,43);5,12-16,19,23-26H,3-4,6-11,17-18,20-22H2,1-2H3,(H,35,36)(H,39,42)/t2*23-/m00/s1. The van der Waals surface area contributed by atoms with Gasteiger partial charge in [-0.25, -0.2) is 38.7 Å². The second kappa shape index (κ2) is 28.6. The largest absolute Gasteiger partial charge is 0.477 e. The van der Waals surface area contributed by atoms with E-state index in [9.17, 15) is 26.4 Å². The Kier molecular flexibility index (Phi) is 20.3. The number of rotatable bonds is 22. The highest BCUT2D eigenvalue weighted by molar-refractivity contribution is 7.90. The van der Waals surface area contributed by atoms with Gasteiger partial charge in [0.05, 0.1) is 24.3 Å². The first kappa shape index (κ1) is 66.1. The number of fused-ring (bicyclic) bond motifs is 6. The molecule has 0 spiro atoms. The second-order valence-corrected chi connectivity index (χ2v) is 31.8. The van der Waals surface area contributed by atoms with Crippen LogP contribution in [0.25, 0.3) is 11.6 Å². The Morgan fingerprint density at radius 3 is 1.94 bits per heavy atom. The summed E-state index contributed by atoms with van der Waals surface area (Å²) < 4.78 is 72.3. The summed E-state index contributed by atoms with van der Waals surface area (Å²) in [6.45, 7) is 13.1. The smallest absolute Gasteiger partial charge is 0.281 e. The van der Waals surface area contributed by atoms with Gasteiger partial charge in [0.1, 0.15) is 22.6 Å². The molecule has 6 fully saturated rings. The average Bonchev–Trinajstić information content (AvgIpc) is 1.62. The summed E-state index contributed by atoms with van der Waals surface area (Å²) in [6.07, 6.45) is 27.9. The molecule has 0 unspecified atom stereocenters. The normalized spacial score (nSPS) is 21.3. The summed E-state index contributed by atoms with van der Waals surface area (Å²) >= 11 is 6.36. The summed E-state index contributed by atoms with van der Waals surface area (Å²) in [4.78, 5) is 46.5. The van der Waals surface area contributed by atoms with Crippen LogP contribution in [-0.4, -0.2) is 119 Å². The number of nitrogens with one attached hydrogen (secondary N) is 5. The van der Waals surface area contributed by atoms with Crippen LogP contribution in [0.3, 0.4) is 0 Å². The lowest BCUT2D eigenvalue weighted by atomic mass is 9.63. The zero-order valence-corrected chi connectivity index (χ0v) is 56.5. The van der Waals surface area contributed by atoms with Crippen molar-refractivity contribution >= 4 is 60.9 Å². The lowest BCUT2D eigenvalue weighted by molar-refractivity contribution is 0.0720. The van der Waals surface area contributed by atoms with E-state index in [-0.39, 0.29) is 37.4 Å². The lowest BCUT2D eigenvalue weighted by Gasteiger charge is -2.42. The highest BCUT2D eigenvalue weighted by Gasteiger charge is 2.42. The van der Waals surface area contributed by atoms with Gasteiger partial charge in [0.25, 0.3) is 31.9 Å². The van der Waals surface area contributed by atoms with E-state index >= 15 is 0 Å². The average molecular weight is 1330 g/mol. The van der Waals surface area contributed by atoms with Gasteiger partial charge in [-0.15, -0.1) is 10.2 Å². The zero-order chi connectivity index (χ0) is 64.9. The van der Waals surface area contributed by atoms with Gasteiger partial charge in [-0.05, 0) is 181 Å². The molecule has 22 nitrogen and oxygen atoms in total. The molecule has 4 aliphatic carbocycles. The molecule has 2 atom stereocenters. The number of hydrogen-bond acceptors (Lipinski definition) is 18. The lowest BCUT2D eigenvalue weighted by Crippen LogP contribution is -2.41. The van der Waals surface area contributed by atoms with Gasteiger partial charge in [0.2, 0.25) is 11.8 Å². The van der Waals surface area contributed by atoms with Gasteiger partial charge in [-0.1, -0.05) is 101 Å². The number of nitrogens with zero attached hydrogens (tertiary/aromatic N) is 9. The van der Waals surface area contributed by atoms with Gasteiger partial charge in [-0.3, -0.25) is 9.59 Å². The Bertz CT molecular complexity index is 3800. The van der Waals surface area contributed by atoms with Crippen molar-refractivity contribution < 1.29 is 35.9 Å². The molecule has 0 radical (unpaired) electrons. The molecule has 500 valence electrons. The Balaban J connectivity index is 0.000000179. The first-order valence-electron chi connectivity index (χ1n) is 33.9. The van der Waals surface area contributed by atoms with Gasteiger partial charge in [0.15, 0.2) is 21.7 Å². The van der Waals surface area contributed by atoms with E-state index < -0.39 is 31.9 Å². The van der Waals surface area contributed by atoms with Crippen molar-refractivity contribution in [1.29, 1.82) is 0 Å². The summed E-state index contributed by atoms with van der Waals surface area (Å²) in [5, 5.41) is 18.5. The SMILES string of the molecule is CC1(C)C[C@@H]2CCCNc3cccc(n3)S(=O)(=O)NC(=O)c3ccc(-n4ccc(OCCC(C5CCC5)C5CCC5)n4)nc3N1C2.CC1(C)C[C@H](CCCNc2cccc(S(=O)(=O)NC(=O)c3ccc(-n4ccc(OCCC(C5CCC5)C5CCC5)n4)nc3Cl)n2)CN1. The monoisotopic (exact) mass is 1330 g/mol. The molecular formula is C68H91ClN14O8S2. The molecule has 5 N–H and O–H groups in total. The van der Waals surface area contributed by atoms with Gasteiger partial charge in [-0.2, -0.15) is 16.8 Å². The van der Waals surface area contributed by atoms with Gasteiger partial charge >= 0.3 is 0 Å². The van der Waals surface area contributed by atoms with E-state index in [4.69, 9.17) is 26.1 Å². The summed E-state index contributed by atoms with van der Waals surface area (Å²) in [6, 6.07) is 19.3. The fourth-order valence-electron chi connectivity index (χ4n) is 14.9. The second-order valence-electron chi connectivity index (χ2n) is 28.2. The third-order valence-electron chi connectivity index (χ3n) is 20.7. The molecule has 9 heterocycles. The van der Waals surface area contributed by atoms with Crippen LogP contribution in [0.5, 0.6) is 11.8 Å². The van der Waals surface area contributed by atoms with E-state index in [2.05, 4.69) is 83.1 Å². The predicted octanol–water partition coefficient (Wildman–Crippen LogP) is 11.6. The minimum atomic E-state index is -4.26. The van der Waals surface area contributed by atoms with Crippen molar-refractivity contribution in [3.63, 3.8) is 0 Å². The molecule has 0 aromatic carbocycles. The molecular weight excluding hydrogens is 1240 g/mol. The topological polar surface area (TPSA) is 271 Å². The van der Waals surface area contributed by atoms with Crippen molar-refractivity contribution in [2.24, 2.45) is 47.3 Å². The molecule has 13 rings (SSSR count). The zero-order valence-electron chi connectivity index (χ0n) is 54.1. The number of amides is 2. The maximum Gasteiger partial charge on any atom is 0.281 e. The Morgan fingerprint density at radius 2 is 1.34 bits per heavy atom. The molecule has 3 aliphatic heterocycles. The molecule has 93 heavy (non-hydrogen) atoms. The van der Waals surface area contributed by atoms with E-state index in [1.807, 2.05) is 12.3 Å². The van der Waals surface area contributed by atoms with Crippen LogP contribution in [0, 0.1) is 47.3 Å². The summed E-state index contributed by atoms with van der Waals surface area (Å²) in [5.74, 6) is 7.58. The van der Waals surface area contributed by atoms with Gasteiger partial charge < -0.3 is 30.3 Å². The minimum Gasteiger partial charge on any atom is -0.477 e. The Labute approximate surface area is 552 Å². The first-order chi connectivity index (χ1) is 44.7. The molecule has 2 amide bonds. The quantitative estimate of drug-likeness (QED) is 0.0312. The first-order valence-corrected chi connectivity index (χ1v) is 37.2. The Morgan fingerprint density at radius 1 is 0.731 bits per heavy atom. The number of ether oxygens (including phenoxy) is 2. The van der Waals surface area contributed by atoms with Crippen molar-refractivity contribution in [2.45, 2.75) is 177 Å². The molecule has 6 aromatic heterocycles. The predicted molar refractivity (Wildman–Crippen MR) is 357 cm³/mol. The number of hydrogen-bond donors (Lipinski definition) is 5. The summed E-state index contributed by atoms with van der Waals surface area (Å²) in [5.41, 5.74) is -0.0106. The van der Waals surface area contributed by atoms with Crippen molar-refractivity contribution in [1.82, 2.24) is 54.3 Å². The van der Waals surface area contributed by atoms with Crippen LogP contribution in [0.4, 0.5) is 17.5 Å². The molecule has 7 aliphatic rings. The number of aromatic nitrogens is 8. The molecule has 25 heteroatoms. The van der Waals surface area contributed by atoms with E-state index in [0.717, 1.165) is 93.4 Å². The highest BCUT2D eigenvalue weighted by Crippen LogP contribution is 2.48. The van der Waals surface area contributed by atoms with Crippen molar-refractivity contribution in [3.05, 3.63) is 101 Å². The van der Waals surface area contributed by atoms with Crippen molar-refractivity contribution in [3.8, 4) is 23.4 Å². The maximum absolute atomic E-state index is 13.7. The number of carbonyl (C=O) groups is 2. The van der Waals surface area contributed by atoms with Crippen LogP contribution in [0.1, 0.15) is 177 Å². The molecule has 4 saturated carbocycles. The fraction of sp³-hybridized carbons (Fsp3) is 0.588. The van der Waals surface area contributed by atoms with Crippen LogP contribution >= 0.6 is 11.6 Å². The third kappa shape index (κ3) is 16.1. The maximum atomic E-state index is 13.7. The van der Waals surface area contributed by atoms with Crippen LogP contribution in [0.15, 0.2) is 95.2 Å². The van der Waals surface area contributed by atoms with Crippen LogP contribution < -0.4 is 39.8 Å². The highest BCUT2D eigenvalue weighted by atomic mass is 35.5. The number of sulfonamides is 2. The minimum absolute atomic E-state index is 0.0838. The molecule has 2 saturated heterocycles. The van der Waals surface area contributed by atoms with Crippen LogP contribution in [0.2, 0.25) is 5.15 Å². The number of halogens is 1. The summed E-state index contributed by atoms with van der Waals surface area (Å²) in [7, 11) is -8.49. The van der Waals surface area contributed by atoms with E-state index in [0.29, 0.717) is 85.5 Å². The number of pyridine rings is 4. The van der Waals surface area contributed by atoms with Crippen LogP contribution in [-0.2, 0) is 20.0 Å². The number of carbonyl (C=O) groups excluding carboxylic acids is 2. The van der Waals surface area contributed by atoms with Crippen molar-refractivity contribution in [2.75, 3.05) is 54.9 Å². The Hall–Kier alpha value is -6.89. The molecule has 4 bridgehead atoms. The third-order valence-corrected chi connectivity index (χ3v) is 23.5. The van der Waals surface area contributed by atoms with E-state index in [1.54, 1.807) is 59.4 Å². The van der Waals surface area contributed by atoms with Gasteiger partial charge in [0, 0.05) is 55.2 Å². The van der Waals surface area contributed by atoms with E-state index in [1.165, 1.54) is 99.9 Å².